The van der Waals surface area contributed by atoms with Crippen molar-refractivity contribution in [2.75, 3.05) is 6.54 Å². The molecule has 0 bridgehead atoms. The first kappa shape index (κ1) is 13.4. The van der Waals surface area contributed by atoms with E-state index >= 15 is 0 Å². The fourth-order valence-corrected chi connectivity index (χ4v) is 2.14. The summed E-state index contributed by atoms with van der Waals surface area (Å²) in [7, 11) is 1.92. The number of pyridine rings is 1. The molecule has 3 aromatic rings. The molecule has 0 saturated heterocycles. The molecule has 0 amide bonds. The average molecular weight is 284 g/mol. The van der Waals surface area contributed by atoms with E-state index in [1.807, 2.05) is 29.8 Å². The van der Waals surface area contributed by atoms with Crippen molar-refractivity contribution in [1.29, 1.82) is 0 Å². The quantitative estimate of drug-likeness (QED) is 0.675. The number of fused-ring (bicyclic) bond motifs is 1. The van der Waals surface area contributed by atoms with Gasteiger partial charge in [0, 0.05) is 38.8 Å². The van der Waals surface area contributed by atoms with Gasteiger partial charge in [-0.2, -0.15) is 0 Å². The summed E-state index contributed by atoms with van der Waals surface area (Å²) in [6.07, 6.45) is 4.18. The Balaban J connectivity index is 1.63. The molecule has 0 atom stereocenters. The van der Waals surface area contributed by atoms with E-state index in [9.17, 15) is 4.79 Å². The molecule has 0 spiro atoms. The molecule has 0 aliphatic carbocycles. The molecule has 3 heterocycles. The van der Waals surface area contributed by atoms with E-state index in [1.165, 1.54) is 4.40 Å². The van der Waals surface area contributed by atoms with Crippen molar-refractivity contribution in [2.24, 2.45) is 7.05 Å². The second-order valence-electron chi connectivity index (χ2n) is 4.80. The first-order valence-corrected chi connectivity index (χ1v) is 6.75. The highest BCUT2D eigenvalue weighted by Crippen LogP contribution is 1.98. The highest BCUT2D eigenvalue weighted by atomic mass is 16.1. The van der Waals surface area contributed by atoms with Crippen LogP contribution in [0, 0.1) is 0 Å². The van der Waals surface area contributed by atoms with Gasteiger partial charge in [-0.25, -0.2) is 4.98 Å². The lowest BCUT2D eigenvalue weighted by Gasteiger charge is -2.05. The zero-order valence-corrected chi connectivity index (χ0v) is 11.7. The molecule has 0 unspecified atom stereocenters. The largest absolute Gasteiger partial charge is 0.321 e. The molecule has 0 aromatic carbocycles. The number of hydrogen-bond acceptors (Lipinski definition) is 5. The van der Waals surface area contributed by atoms with Crippen LogP contribution < -0.4 is 10.9 Å². The van der Waals surface area contributed by atoms with Gasteiger partial charge in [-0.3, -0.25) is 9.20 Å². The predicted octanol–water partition coefficient (Wildman–Crippen LogP) is 0.155. The average Bonchev–Trinajstić information content (AvgIpc) is 2.89. The monoisotopic (exact) mass is 284 g/mol. The van der Waals surface area contributed by atoms with Gasteiger partial charge in [-0.05, 0) is 12.1 Å². The first-order valence-electron chi connectivity index (χ1n) is 6.75. The fraction of sp³-hybridized carbons (Fsp3) is 0.286. The Hall–Kier alpha value is -2.54. The Labute approximate surface area is 121 Å². The van der Waals surface area contributed by atoms with E-state index in [0.29, 0.717) is 12.2 Å². The molecule has 3 aromatic heterocycles. The number of aryl methyl sites for hydroxylation is 1. The Morgan fingerprint density at radius 1 is 1.33 bits per heavy atom. The molecule has 7 nitrogen and oxygen atoms in total. The van der Waals surface area contributed by atoms with Crippen molar-refractivity contribution in [3.05, 3.63) is 58.7 Å². The third-order valence-electron chi connectivity index (χ3n) is 3.26. The molecule has 7 heteroatoms. The van der Waals surface area contributed by atoms with Gasteiger partial charge >= 0.3 is 0 Å². The highest BCUT2D eigenvalue weighted by molar-refractivity contribution is 5.37. The van der Waals surface area contributed by atoms with Gasteiger partial charge in [0.25, 0.3) is 5.56 Å². The van der Waals surface area contributed by atoms with Crippen LogP contribution in [0.5, 0.6) is 0 Å². The van der Waals surface area contributed by atoms with Crippen LogP contribution >= 0.6 is 0 Å². The molecule has 21 heavy (non-hydrogen) atoms. The second-order valence-corrected chi connectivity index (χ2v) is 4.80. The summed E-state index contributed by atoms with van der Waals surface area (Å²) in [5.41, 5.74) is 1.34. The topological polar surface area (TPSA) is 77.1 Å². The normalized spacial score (nSPS) is 11.1. The smallest absolute Gasteiger partial charge is 0.258 e. The summed E-state index contributed by atoms with van der Waals surface area (Å²) in [5.74, 6) is 0.925. The van der Waals surface area contributed by atoms with Crippen molar-refractivity contribution in [3.63, 3.8) is 0 Å². The summed E-state index contributed by atoms with van der Waals surface area (Å²) in [6.45, 7) is 1.31. The van der Waals surface area contributed by atoms with Gasteiger partial charge in [0.05, 0.1) is 5.69 Å². The summed E-state index contributed by atoms with van der Waals surface area (Å²) < 4.78 is 3.42. The Morgan fingerprint density at radius 3 is 3.05 bits per heavy atom. The van der Waals surface area contributed by atoms with Gasteiger partial charge in [-0.15, -0.1) is 10.2 Å². The van der Waals surface area contributed by atoms with Gasteiger partial charge in [0.2, 0.25) is 0 Å². The predicted molar refractivity (Wildman–Crippen MR) is 77.9 cm³/mol. The number of hydrogen-bond donors (Lipinski definition) is 1. The molecule has 3 rings (SSSR count). The summed E-state index contributed by atoms with van der Waals surface area (Å²) in [4.78, 5) is 16.4. The fourth-order valence-electron chi connectivity index (χ4n) is 2.14. The SMILES string of the molecule is Cn1cnnc1CCNCc1cc(=O)n2ccccc2n1. The van der Waals surface area contributed by atoms with Crippen molar-refractivity contribution < 1.29 is 0 Å². The molecule has 1 N–H and O–H groups in total. The third kappa shape index (κ3) is 2.97. The zero-order valence-electron chi connectivity index (χ0n) is 11.7. The Bertz CT molecular complexity index is 806. The van der Waals surface area contributed by atoms with Gasteiger partial charge < -0.3 is 9.88 Å². The van der Waals surface area contributed by atoms with Crippen molar-refractivity contribution in [1.82, 2.24) is 29.5 Å². The molecule has 0 saturated carbocycles. The third-order valence-corrected chi connectivity index (χ3v) is 3.26. The molecule has 0 aliphatic rings. The van der Waals surface area contributed by atoms with Crippen LogP contribution in [0.1, 0.15) is 11.5 Å². The lowest BCUT2D eigenvalue weighted by molar-refractivity contribution is 0.644. The van der Waals surface area contributed by atoms with Crippen molar-refractivity contribution >= 4 is 5.65 Å². The molecule has 0 radical (unpaired) electrons. The van der Waals surface area contributed by atoms with Crippen molar-refractivity contribution in [2.45, 2.75) is 13.0 Å². The van der Waals surface area contributed by atoms with Crippen LogP contribution in [0.15, 0.2) is 41.6 Å². The standard InChI is InChI=1S/C14H16N6O/c1-19-10-16-18-13(19)5-6-15-9-11-8-14(21)20-7-3-2-4-12(20)17-11/h2-4,7-8,10,15H,5-6,9H2,1H3. The maximum atomic E-state index is 11.9. The van der Waals surface area contributed by atoms with E-state index in [1.54, 1.807) is 18.6 Å². The minimum atomic E-state index is -0.0642. The minimum absolute atomic E-state index is 0.0642. The van der Waals surface area contributed by atoms with E-state index in [-0.39, 0.29) is 5.56 Å². The number of rotatable bonds is 5. The minimum Gasteiger partial charge on any atom is -0.321 e. The highest BCUT2D eigenvalue weighted by Gasteiger charge is 2.03. The molecular formula is C14H16N6O. The maximum absolute atomic E-state index is 11.9. The summed E-state index contributed by atoms with van der Waals surface area (Å²) in [5, 5.41) is 11.1. The van der Waals surface area contributed by atoms with Gasteiger partial charge in [0.1, 0.15) is 17.8 Å². The van der Waals surface area contributed by atoms with Crippen LogP contribution in [-0.4, -0.2) is 30.7 Å². The Kier molecular flexibility index (Phi) is 3.74. The van der Waals surface area contributed by atoms with Gasteiger partial charge in [-0.1, -0.05) is 6.07 Å². The van der Waals surface area contributed by atoms with Crippen LogP contribution in [-0.2, 0) is 20.0 Å². The number of nitrogens with zero attached hydrogens (tertiary/aromatic N) is 5. The second kappa shape index (κ2) is 5.84. The van der Waals surface area contributed by atoms with E-state index in [0.717, 1.165) is 24.5 Å². The summed E-state index contributed by atoms with van der Waals surface area (Å²) >= 11 is 0. The number of aromatic nitrogens is 5. The molecule has 0 aliphatic heterocycles. The lowest BCUT2D eigenvalue weighted by Crippen LogP contribution is -2.22. The van der Waals surface area contributed by atoms with Crippen LogP contribution in [0.4, 0.5) is 0 Å². The maximum Gasteiger partial charge on any atom is 0.258 e. The summed E-state index contributed by atoms with van der Waals surface area (Å²) in [6, 6.07) is 7.06. The lowest BCUT2D eigenvalue weighted by atomic mass is 10.3. The van der Waals surface area contributed by atoms with Crippen LogP contribution in [0.3, 0.4) is 0 Å². The van der Waals surface area contributed by atoms with Crippen molar-refractivity contribution in [3.8, 4) is 0 Å². The van der Waals surface area contributed by atoms with E-state index in [4.69, 9.17) is 0 Å². The van der Waals surface area contributed by atoms with Gasteiger partial charge in [0.15, 0.2) is 0 Å². The Morgan fingerprint density at radius 2 is 2.24 bits per heavy atom. The zero-order chi connectivity index (χ0) is 14.7. The molecule has 0 fully saturated rings. The van der Waals surface area contributed by atoms with E-state index < -0.39 is 0 Å². The molecular weight excluding hydrogens is 268 g/mol. The first-order chi connectivity index (χ1) is 10.2. The van der Waals surface area contributed by atoms with Crippen LogP contribution in [0.2, 0.25) is 0 Å². The van der Waals surface area contributed by atoms with Crippen LogP contribution in [0.25, 0.3) is 5.65 Å². The van der Waals surface area contributed by atoms with E-state index in [2.05, 4.69) is 20.5 Å². The molecule has 108 valence electrons. The number of nitrogens with one attached hydrogen (secondary N) is 1.